The van der Waals surface area contributed by atoms with Gasteiger partial charge in [0.05, 0.1) is 12.8 Å². The number of rotatable bonds is 6. The Kier molecular flexibility index (Phi) is 10.2. The highest BCUT2D eigenvalue weighted by atomic mass is 79.9. The van der Waals surface area contributed by atoms with Gasteiger partial charge in [-0.2, -0.15) is 0 Å². The quantitative estimate of drug-likeness (QED) is 0.505. The van der Waals surface area contributed by atoms with Crippen LogP contribution in [0.1, 0.15) is 12.8 Å². The second-order valence-electron chi connectivity index (χ2n) is 2.81. The molecule has 0 aromatic rings. The molecule has 0 spiro atoms. The number of alkyl halides is 2. The average molecular weight is 350 g/mol. The third-order valence-electron chi connectivity index (χ3n) is 1.24. The van der Waals surface area contributed by atoms with E-state index in [1.54, 1.807) is 0 Å². The van der Waals surface area contributed by atoms with Crippen molar-refractivity contribution in [3.63, 3.8) is 0 Å². The van der Waals surface area contributed by atoms with E-state index in [4.69, 9.17) is 32.0 Å². The smallest absolute Gasteiger partial charge is 0.322 e. The Morgan fingerprint density at radius 1 is 0.889 bits per heavy atom. The van der Waals surface area contributed by atoms with Gasteiger partial charge in [0.2, 0.25) is 0 Å². The average Bonchev–Trinajstić information content (AvgIpc) is 2.16. The minimum atomic E-state index is -1.32. The summed E-state index contributed by atoms with van der Waals surface area (Å²) in [7, 11) is 0. The number of hydrogen-bond acceptors (Lipinski definition) is 4. The maximum atomic E-state index is 9.92. The van der Waals surface area contributed by atoms with Crippen molar-refractivity contribution in [3.05, 3.63) is 0 Å². The molecule has 4 N–H and O–H groups in total. The van der Waals surface area contributed by atoms with Crippen LogP contribution < -0.4 is 0 Å². The molecule has 0 aromatic heterocycles. The van der Waals surface area contributed by atoms with Crippen LogP contribution >= 0.6 is 27.5 Å². The molecule has 0 bridgehead atoms. The van der Waals surface area contributed by atoms with Crippen LogP contribution in [0.2, 0.25) is 0 Å². The summed E-state index contributed by atoms with van der Waals surface area (Å²) in [6, 6.07) is 0. The SMILES string of the molecule is O=C(O)CC(Br)C(=O)O.O=C(O)CC(Cl)C(=O)O. The number of aliphatic carboxylic acids is 4. The summed E-state index contributed by atoms with van der Waals surface area (Å²) in [5.74, 6) is -4.80. The molecule has 104 valence electrons. The highest BCUT2D eigenvalue weighted by Crippen LogP contribution is 2.03. The topological polar surface area (TPSA) is 149 Å². The van der Waals surface area contributed by atoms with Crippen molar-refractivity contribution in [2.45, 2.75) is 23.0 Å². The van der Waals surface area contributed by atoms with Crippen LogP contribution in [0.5, 0.6) is 0 Å². The van der Waals surface area contributed by atoms with Crippen LogP contribution in [-0.4, -0.2) is 54.5 Å². The largest absolute Gasteiger partial charge is 0.481 e. The van der Waals surface area contributed by atoms with Crippen molar-refractivity contribution in [3.8, 4) is 0 Å². The molecule has 0 saturated heterocycles. The van der Waals surface area contributed by atoms with Gasteiger partial charge in [0.1, 0.15) is 10.2 Å². The van der Waals surface area contributed by atoms with Crippen molar-refractivity contribution < 1.29 is 39.6 Å². The highest BCUT2D eigenvalue weighted by molar-refractivity contribution is 9.10. The van der Waals surface area contributed by atoms with E-state index < -0.39 is 46.9 Å². The zero-order valence-corrected chi connectivity index (χ0v) is 11.1. The minimum Gasteiger partial charge on any atom is -0.481 e. The first-order chi connectivity index (χ1) is 8.07. The summed E-state index contributed by atoms with van der Waals surface area (Å²) in [6.07, 6.45) is -0.938. The maximum Gasteiger partial charge on any atom is 0.322 e. The molecular formula is C8H10BrClO8. The van der Waals surface area contributed by atoms with E-state index in [0.29, 0.717) is 0 Å². The second kappa shape index (κ2) is 9.66. The lowest BCUT2D eigenvalue weighted by Gasteiger charge is -1.96. The maximum absolute atomic E-state index is 9.92. The van der Waals surface area contributed by atoms with E-state index in [1.165, 1.54) is 0 Å². The summed E-state index contributed by atoms with van der Waals surface area (Å²) in [5, 5.41) is 30.9. The predicted octanol–water partition coefficient (Wildman–Crippen LogP) is 0.462. The molecule has 10 heteroatoms. The normalized spacial score (nSPS) is 12.6. The third kappa shape index (κ3) is 12.7. The number of hydrogen-bond donors (Lipinski definition) is 4. The lowest BCUT2D eigenvalue weighted by Crippen LogP contribution is -2.17. The zero-order valence-electron chi connectivity index (χ0n) is 8.75. The number of carbonyl (C=O) groups is 4. The van der Waals surface area contributed by atoms with Crippen molar-refractivity contribution in [2.24, 2.45) is 0 Å². The third-order valence-corrected chi connectivity index (χ3v) is 2.30. The summed E-state index contributed by atoms with van der Waals surface area (Å²) >= 11 is 7.69. The van der Waals surface area contributed by atoms with E-state index in [9.17, 15) is 19.2 Å². The summed E-state index contributed by atoms with van der Waals surface area (Å²) in [6.45, 7) is 0. The summed E-state index contributed by atoms with van der Waals surface area (Å²) in [5.41, 5.74) is 0. The van der Waals surface area contributed by atoms with E-state index in [2.05, 4.69) is 15.9 Å². The van der Waals surface area contributed by atoms with E-state index in [-0.39, 0.29) is 0 Å². The van der Waals surface area contributed by atoms with Gasteiger partial charge in [-0.3, -0.25) is 19.2 Å². The van der Waals surface area contributed by atoms with Crippen LogP contribution in [0.15, 0.2) is 0 Å². The van der Waals surface area contributed by atoms with Gasteiger partial charge in [0.25, 0.3) is 0 Å². The number of halogens is 2. The van der Waals surface area contributed by atoms with Crippen molar-refractivity contribution in [1.29, 1.82) is 0 Å². The van der Waals surface area contributed by atoms with Gasteiger partial charge in [-0.25, -0.2) is 0 Å². The van der Waals surface area contributed by atoms with Gasteiger partial charge < -0.3 is 20.4 Å². The Bertz CT molecular complexity index is 299. The molecule has 0 aliphatic carbocycles. The molecule has 2 unspecified atom stereocenters. The lowest BCUT2D eigenvalue weighted by atomic mass is 10.3. The molecule has 0 aliphatic heterocycles. The second-order valence-corrected chi connectivity index (χ2v) is 4.44. The Morgan fingerprint density at radius 2 is 1.28 bits per heavy atom. The summed E-state index contributed by atoms with van der Waals surface area (Å²) < 4.78 is 0. The molecule has 0 aromatic carbocycles. The first-order valence-corrected chi connectivity index (χ1v) is 5.60. The van der Waals surface area contributed by atoms with Crippen molar-refractivity contribution in [2.75, 3.05) is 0 Å². The molecule has 0 fully saturated rings. The van der Waals surface area contributed by atoms with Gasteiger partial charge >= 0.3 is 23.9 Å². The molecule has 0 saturated carbocycles. The number of carboxylic acid groups (broad SMARTS) is 4. The van der Waals surface area contributed by atoms with Gasteiger partial charge in [0.15, 0.2) is 0 Å². The fourth-order valence-corrected chi connectivity index (χ4v) is 0.890. The predicted molar refractivity (Wildman–Crippen MR) is 62.1 cm³/mol. The molecule has 0 rings (SSSR count). The fraction of sp³-hybridized carbons (Fsp3) is 0.500. The molecule has 2 atom stereocenters. The zero-order chi connectivity index (χ0) is 14.9. The van der Waals surface area contributed by atoms with Crippen LogP contribution in [-0.2, 0) is 19.2 Å². The lowest BCUT2D eigenvalue weighted by molar-refractivity contribution is -0.143. The molecule has 0 heterocycles. The van der Waals surface area contributed by atoms with Crippen molar-refractivity contribution in [1.82, 2.24) is 0 Å². The standard InChI is InChI=1S/C4H5BrO4.C4H5ClO4/c2*5-2(4(8)9)1-3(6)7/h2*2H,1H2,(H,6,7)(H,8,9). The van der Waals surface area contributed by atoms with Crippen LogP contribution in [0.25, 0.3) is 0 Å². The van der Waals surface area contributed by atoms with Gasteiger partial charge in [-0.15, -0.1) is 11.6 Å². The molecule has 0 aliphatic rings. The highest BCUT2D eigenvalue weighted by Gasteiger charge is 2.17. The molecule has 18 heavy (non-hydrogen) atoms. The molecule has 8 nitrogen and oxygen atoms in total. The molecule has 0 radical (unpaired) electrons. The van der Waals surface area contributed by atoms with Gasteiger partial charge in [0, 0.05) is 0 Å². The first-order valence-electron chi connectivity index (χ1n) is 4.25. The molecule has 0 amide bonds. The van der Waals surface area contributed by atoms with E-state index in [0.717, 1.165) is 0 Å². The van der Waals surface area contributed by atoms with Gasteiger partial charge in [-0.05, 0) is 0 Å². The first kappa shape index (κ1) is 19.0. The van der Waals surface area contributed by atoms with E-state index in [1.807, 2.05) is 0 Å². The van der Waals surface area contributed by atoms with Crippen LogP contribution in [0.4, 0.5) is 0 Å². The van der Waals surface area contributed by atoms with Crippen LogP contribution in [0.3, 0.4) is 0 Å². The monoisotopic (exact) mass is 348 g/mol. The Balaban J connectivity index is 0. The Morgan fingerprint density at radius 3 is 1.39 bits per heavy atom. The fourth-order valence-electron chi connectivity index (χ4n) is 0.481. The molecular weight excluding hydrogens is 339 g/mol. The summed E-state index contributed by atoms with van der Waals surface area (Å²) in [4.78, 5) is 38.4. The minimum absolute atomic E-state index is 0.394. The van der Waals surface area contributed by atoms with Crippen molar-refractivity contribution >= 4 is 51.4 Å². The Hall–Kier alpha value is -1.35. The van der Waals surface area contributed by atoms with E-state index >= 15 is 0 Å². The Labute approximate surface area is 114 Å². The van der Waals surface area contributed by atoms with Crippen LogP contribution in [0, 0.1) is 0 Å². The van der Waals surface area contributed by atoms with Gasteiger partial charge in [-0.1, -0.05) is 15.9 Å². The number of carboxylic acids is 4.